The summed E-state index contributed by atoms with van der Waals surface area (Å²) in [6, 6.07) is 3.42. The summed E-state index contributed by atoms with van der Waals surface area (Å²) in [4.78, 5) is 31.5. The molecule has 16 heavy (non-hydrogen) atoms. The van der Waals surface area contributed by atoms with E-state index in [0.717, 1.165) is 4.70 Å². The van der Waals surface area contributed by atoms with Crippen LogP contribution in [0.5, 0.6) is 0 Å². The maximum Gasteiger partial charge on any atom is 0.326 e. The third-order valence-electron chi connectivity index (χ3n) is 2.17. The summed E-state index contributed by atoms with van der Waals surface area (Å²) in [6.07, 6.45) is 0. The number of pyridine rings is 1. The van der Waals surface area contributed by atoms with E-state index in [1.165, 1.54) is 11.3 Å². The summed E-state index contributed by atoms with van der Waals surface area (Å²) in [5, 5.41) is 0.327. The maximum absolute atomic E-state index is 11.5. The molecule has 0 amide bonds. The Kier molecular flexibility index (Phi) is 1.89. The standard InChI is InChI=1S/C9H4ClN3O2S/c10-4-2-1-3-5(11-4)6-7(16-3)8(14)13-9(15)12-6/h1-2H,(H2,12,13,14,15). The van der Waals surface area contributed by atoms with Gasteiger partial charge in [-0.15, -0.1) is 11.3 Å². The molecule has 0 unspecified atom stereocenters. The normalized spacial score (nSPS) is 11.3. The zero-order valence-electron chi connectivity index (χ0n) is 7.70. The van der Waals surface area contributed by atoms with Gasteiger partial charge in [-0.2, -0.15) is 0 Å². The van der Waals surface area contributed by atoms with Crippen molar-refractivity contribution in [1.82, 2.24) is 15.0 Å². The minimum Gasteiger partial charge on any atom is -0.304 e. The molecule has 0 aromatic carbocycles. The van der Waals surface area contributed by atoms with Crippen molar-refractivity contribution in [2.75, 3.05) is 0 Å². The Morgan fingerprint density at radius 1 is 1.25 bits per heavy atom. The molecule has 5 nitrogen and oxygen atoms in total. The summed E-state index contributed by atoms with van der Waals surface area (Å²) in [5.74, 6) is 0. The van der Waals surface area contributed by atoms with Gasteiger partial charge in [-0.25, -0.2) is 9.78 Å². The molecular formula is C9H4ClN3O2S. The molecule has 80 valence electrons. The lowest BCUT2D eigenvalue weighted by atomic mass is 10.3. The highest BCUT2D eigenvalue weighted by Crippen LogP contribution is 2.28. The van der Waals surface area contributed by atoms with Gasteiger partial charge in [0.2, 0.25) is 0 Å². The fourth-order valence-electron chi connectivity index (χ4n) is 1.53. The number of aromatic amines is 2. The van der Waals surface area contributed by atoms with Crippen molar-refractivity contribution in [3.8, 4) is 0 Å². The molecule has 0 aliphatic heterocycles. The number of fused-ring (bicyclic) bond motifs is 3. The van der Waals surface area contributed by atoms with Gasteiger partial charge in [0, 0.05) is 0 Å². The van der Waals surface area contributed by atoms with E-state index < -0.39 is 11.2 Å². The maximum atomic E-state index is 11.5. The highest BCUT2D eigenvalue weighted by atomic mass is 35.5. The Hall–Kier alpha value is -1.66. The lowest BCUT2D eigenvalue weighted by Crippen LogP contribution is -2.20. The van der Waals surface area contributed by atoms with Gasteiger partial charge in [-0.05, 0) is 12.1 Å². The highest BCUT2D eigenvalue weighted by Gasteiger charge is 2.10. The number of nitrogens with one attached hydrogen (secondary N) is 2. The number of thiophene rings is 1. The molecule has 0 aliphatic rings. The van der Waals surface area contributed by atoms with Gasteiger partial charge < -0.3 is 4.98 Å². The molecule has 0 radical (unpaired) electrons. The lowest BCUT2D eigenvalue weighted by Gasteiger charge is -1.90. The number of nitrogens with zero attached hydrogens (tertiary/aromatic N) is 1. The van der Waals surface area contributed by atoms with Crippen LogP contribution in [-0.4, -0.2) is 15.0 Å². The SMILES string of the molecule is O=c1[nH]c(=O)c2sc3ccc(Cl)nc3c2[nH]1. The van der Waals surface area contributed by atoms with Crippen LogP contribution in [-0.2, 0) is 0 Å². The van der Waals surface area contributed by atoms with Crippen molar-refractivity contribution in [2.24, 2.45) is 0 Å². The first kappa shape index (κ1) is 9.56. The van der Waals surface area contributed by atoms with E-state index in [1.807, 2.05) is 0 Å². The molecule has 2 N–H and O–H groups in total. The van der Waals surface area contributed by atoms with Gasteiger partial charge >= 0.3 is 5.69 Å². The number of H-pyrrole nitrogens is 2. The topological polar surface area (TPSA) is 78.6 Å². The second-order valence-corrected chi connectivity index (χ2v) is 4.63. The molecule has 7 heteroatoms. The smallest absolute Gasteiger partial charge is 0.304 e. The molecule has 0 fully saturated rings. The van der Waals surface area contributed by atoms with Gasteiger partial charge in [-0.3, -0.25) is 9.78 Å². The van der Waals surface area contributed by atoms with E-state index >= 15 is 0 Å². The Labute approximate surface area is 96.7 Å². The Morgan fingerprint density at radius 3 is 2.88 bits per heavy atom. The zero-order valence-corrected chi connectivity index (χ0v) is 9.28. The minimum absolute atomic E-state index is 0.327. The summed E-state index contributed by atoms with van der Waals surface area (Å²) in [5.41, 5.74) is 0.0452. The summed E-state index contributed by atoms with van der Waals surface area (Å²) >= 11 is 7.04. The molecule has 0 bridgehead atoms. The van der Waals surface area contributed by atoms with Crippen LogP contribution in [0.2, 0.25) is 5.15 Å². The Balaban J connectivity index is 2.68. The second-order valence-electron chi connectivity index (χ2n) is 3.20. The van der Waals surface area contributed by atoms with Crippen LogP contribution < -0.4 is 11.2 Å². The van der Waals surface area contributed by atoms with Gasteiger partial charge in [0.25, 0.3) is 5.56 Å². The minimum atomic E-state index is -0.543. The molecule has 0 saturated carbocycles. The van der Waals surface area contributed by atoms with Crippen molar-refractivity contribution >= 4 is 43.4 Å². The molecule has 0 saturated heterocycles. The van der Waals surface area contributed by atoms with Crippen LogP contribution in [0.1, 0.15) is 0 Å². The molecule has 0 atom stereocenters. The van der Waals surface area contributed by atoms with E-state index in [2.05, 4.69) is 15.0 Å². The van der Waals surface area contributed by atoms with Crippen LogP contribution in [0.15, 0.2) is 21.7 Å². The van der Waals surface area contributed by atoms with Crippen molar-refractivity contribution in [3.63, 3.8) is 0 Å². The highest BCUT2D eigenvalue weighted by molar-refractivity contribution is 7.25. The molecule has 3 rings (SSSR count). The number of hydrogen-bond donors (Lipinski definition) is 2. The van der Waals surface area contributed by atoms with Crippen molar-refractivity contribution in [1.29, 1.82) is 0 Å². The first-order valence-corrected chi connectivity index (χ1v) is 5.56. The predicted octanol–water partition coefficient (Wildman–Crippen LogP) is 1.48. The molecule has 0 spiro atoms. The molecule has 3 aromatic rings. The average molecular weight is 254 g/mol. The van der Waals surface area contributed by atoms with Crippen LogP contribution >= 0.6 is 22.9 Å². The average Bonchev–Trinajstić information content (AvgIpc) is 2.57. The third kappa shape index (κ3) is 1.27. The summed E-state index contributed by atoms with van der Waals surface area (Å²) in [7, 11) is 0. The summed E-state index contributed by atoms with van der Waals surface area (Å²) < 4.78 is 1.26. The quantitative estimate of drug-likeness (QED) is 0.596. The summed E-state index contributed by atoms with van der Waals surface area (Å²) in [6.45, 7) is 0. The van der Waals surface area contributed by atoms with E-state index in [-0.39, 0.29) is 0 Å². The lowest BCUT2D eigenvalue weighted by molar-refractivity contribution is 1.09. The van der Waals surface area contributed by atoms with Crippen LogP contribution in [0.3, 0.4) is 0 Å². The first-order valence-electron chi connectivity index (χ1n) is 4.36. The fourth-order valence-corrected chi connectivity index (χ4v) is 2.67. The number of rotatable bonds is 0. The Bertz CT molecular complexity index is 817. The van der Waals surface area contributed by atoms with Gasteiger partial charge in [-0.1, -0.05) is 11.6 Å². The van der Waals surface area contributed by atoms with E-state index in [4.69, 9.17) is 11.6 Å². The van der Waals surface area contributed by atoms with Crippen molar-refractivity contribution < 1.29 is 0 Å². The van der Waals surface area contributed by atoms with Gasteiger partial charge in [0.05, 0.1) is 10.2 Å². The van der Waals surface area contributed by atoms with Crippen LogP contribution in [0.4, 0.5) is 0 Å². The molecule has 0 aliphatic carbocycles. The molecule has 3 aromatic heterocycles. The third-order valence-corrected chi connectivity index (χ3v) is 3.53. The number of aromatic nitrogens is 3. The molecular weight excluding hydrogens is 250 g/mol. The Morgan fingerprint density at radius 2 is 2.06 bits per heavy atom. The van der Waals surface area contributed by atoms with Gasteiger partial charge in [0.1, 0.15) is 15.4 Å². The number of hydrogen-bond acceptors (Lipinski definition) is 4. The van der Waals surface area contributed by atoms with Crippen molar-refractivity contribution in [3.05, 3.63) is 38.1 Å². The van der Waals surface area contributed by atoms with E-state index in [9.17, 15) is 9.59 Å². The predicted molar refractivity (Wildman–Crippen MR) is 63.4 cm³/mol. The molecule has 3 heterocycles. The van der Waals surface area contributed by atoms with E-state index in [1.54, 1.807) is 12.1 Å². The largest absolute Gasteiger partial charge is 0.326 e. The van der Waals surface area contributed by atoms with Crippen LogP contribution in [0.25, 0.3) is 20.4 Å². The number of halogens is 1. The zero-order chi connectivity index (χ0) is 11.3. The monoisotopic (exact) mass is 253 g/mol. The van der Waals surface area contributed by atoms with Gasteiger partial charge in [0.15, 0.2) is 0 Å². The van der Waals surface area contributed by atoms with Crippen molar-refractivity contribution in [2.45, 2.75) is 0 Å². The first-order chi connectivity index (χ1) is 7.65. The van der Waals surface area contributed by atoms with Crippen LogP contribution in [0, 0.1) is 0 Å². The fraction of sp³-hybridized carbons (Fsp3) is 0. The second kappa shape index (κ2) is 3.16. The van der Waals surface area contributed by atoms with E-state index in [0.29, 0.717) is 20.9 Å².